The molecule has 0 aromatic heterocycles. The molecule has 1 aliphatic heterocycles. The van der Waals surface area contributed by atoms with Crippen LogP contribution in [-0.2, 0) is 6.54 Å². The molecule has 1 N–H and O–H groups in total. The second-order valence-electron chi connectivity index (χ2n) is 5.69. The van der Waals surface area contributed by atoms with Crippen LogP contribution < -0.4 is 10.2 Å². The minimum atomic E-state index is 0.642. The second kappa shape index (κ2) is 7.30. The zero-order chi connectivity index (χ0) is 14.5. The van der Waals surface area contributed by atoms with Gasteiger partial charge in [0.1, 0.15) is 0 Å². The summed E-state index contributed by atoms with van der Waals surface area (Å²) in [6, 6.07) is 6.83. The van der Waals surface area contributed by atoms with Gasteiger partial charge in [-0.1, -0.05) is 30.7 Å². The van der Waals surface area contributed by atoms with Crippen LogP contribution in [0.15, 0.2) is 18.2 Å². The van der Waals surface area contributed by atoms with Crippen molar-refractivity contribution in [2.75, 3.05) is 38.6 Å². The summed E-state index contributed by atoms with van der Waals surface area (Å²) in [5.74, 6) is 0. The molecule has 20 heavy (non-hydrogen) atoms. The maximum absolute atomic E-state index is 6.44. The number of nitrogens with zero attached hydrogens (tertiary/aromatic N) is 2. The van der Waals surface area contributed by atoms with Crippen LogP contribution in [0.5, 0.6) is 0 Å². The Bertz CT molecular complexity index is 436. The van der Waals surface area contributed by atoms with Crippen LogP contribution in [0.1, 0.15) is 25.3 Å². The first-order valence-electron chi connectivity index (χ1n) is 7.53. The molecule has 1 aromatic carbocycles. The molecule has 1 aliphatic rings. The largest absolute Gasteiger partial charge is 0.372 e. The maximum Gasteiger partial charge on any atom is 0.0642 e. The Morgan fingerprint density at radius 3 is 2.90 bits per heavy atom. The highest BCUT2D eigenvalue weighted by atomic mass is 35.5. The first-order valence-corrected chi connectivity index (χ1v) is 7.90. The molecular weight excluding hydrogens is 270 g/mol. The summed E-state index contributed by atoms with van der Waals surface area (Å²) in [6.07, 6.45) is 2.59. The Hall–Kier alpha value is -0.770. The second-order valence-corrected chi connectivity index (χ2v) is 6.09. The van der Waals surface area contributed by atoms with E-state index < -0.39 is 0 Å². The SMILES string of the molecule is CCNCc1cccc(Cl)c1N(C)CC1CCCN1C. The van der Waals surface area contributed by atoms with Crippen molar-refractivity contribution in [3.63, 3.8) is 0 Å². The minimum absolute atomic E-state index is 0.642. The fourth-order valence-electron chi connectivity index (χ4n) is 3.01. The zero-order valence-corrected chi connectivity index (χ0v) is 13.6. The molecule has 1 heterocycles. The standard InChI is InChI=1S/C16H26ClN3/c1-4-18-11-13-7-5-9-15(17)16(13)20(3)12-14-8-6-10-19(14)2/h5,7,9,14,18H,4,6,8,10-12H2,1-3H3. The Balaban J connectivity index is 2.13. The van der Waals surface area contributed by atoms with Gasteiger partial charge in [-0.2, -0.15) is 0 Å². The average molecular weight is 296 g/mol. The number of likely N-dealkylation sites (tertiary alicyclic amines) is 1. The van der Waals surface area contributed by atoms with E-state index in [1.54, 1.807) is 0 Å². The van der Waals surface area contributed by atoms with Gasteiger partial charge in [0, 0.05) is 26.2 Å². The first-order chi connectivity index (χ1) is 9.63. The van der Waals surface area contributed by atoms with E-state index in [1.165, 1.54) is 30.6 Å². The Morgan fingerprint density at radius 1 is 1.45 bits per heavy atom. The highest BCUT2D eigenvalue weighted by molar-refractivity contribution is 6.33. The van der Waals surface area contributed by atoms with Crippen molar-refractivity contribution in [2.45, 2.75) is 32.4 Å². The van der Waals surface area contributed by atoms with Crippen molar-refractivity contribution in [1.82, 2.24) is 10.2 Å². The molecule has 2 rings (SSSR count). The number of halogens is 1. The number of hydrogen-bond donors (Lipinski definition) is 1. The number of hydrogen-bond acceptors (Lipinski definition) is 3. The molecule has 0 saturated carbocycles. The van der Waals surface area contributed by atoms with Crippen LogP contribution in [-0.4, -0.2) is 44.7 Å². The van der Waals surface area contributed by atoms with E-state index >= 15 is 0 Å². The molecule has 4 heteroatoms. The van der Waals surface area contributed by atoms with E-state index in [0.29, 0.717) is 6.04 Å². The molecule has 0 aliphatic carbocycles. The third-order valence-electron chi connectivity index (χ3n) is 4.17. The quantitative estimate of drug-likeness (QED) is 0.870. The molecule has 0 spiro atoms. The molecule has 0 amide bonds. The molecule has 1 atom stereocenters. The van der Waals surface area contributed by atoms with Crippen LogP contribution >= 0.6 is 11.6 Å². The third kappa shape index (κ3) is 3.66. The summed E-state index contributed by atoms with van der Waals surface area (Å²) in [7, 11) is 4.38. The normalized spacial score (nSPS) is 19.5. The van der Waals surface area contributed by atoms with Gasteiger partial charge >= 0.3 is 0 Å². The molecular formula is C16H26ClN3. The number of likely N-dealkylation sites (N-methyl/N-ethyl adjacent to an activating group) is 2. The summed E-state index contributed by atoms with van der Waals surface area (Å²) < 4.78 is 0. The Morgan fingerprint density at radius 2 is 2.25 bits per heavy atom. The molecule has 1 aromatic rings. The topological polar surface area (TPSA) is 18.5 Å². The predicted molar refractivity (Wildman–Crippen MR) is 87.8 cm³/mol. The zero-order valence-electron chi connectivity index (χ0n) is 12.8. The van der Waals surface area contributed by atoms with Crippen molar-refractivity contribution in [3.8, 4) is 0 Å². The number of benzene rings is 1. The van der Waals surface area contributed by atoms with Gasteiger partial charge in [0.2, 0.25) is 0 Å². The van der Waals surface area contributed by atoms with Gasteiger partial charge in [-0.25, -0.2) is 0 Å². The van der Waals surface area contributed by atoms with Crippen molar-refractivity contribution >= 4 is 17.3 Å². The Labute approximate surface area is 127 Å². The van der Waals surface area contributed by atoms with E-state index in [9.17, 15) is 0 Å². The van der Waals surface area contributed by atoms with Gasteiger partial charge in [0.25, 0.3) is 0 Å². The van der Waals surface area contributed by atoms with Crippen molar-refractivity contribution in [1.29, 1.82) is 0 Å². The lowest BCUT2D eigenvalue weighted by Gasteiger charge is -2.29. The minimum Gasteiger partial charge on any atom is -0.372 e. The summed E-state index contributed by atoms with van der Waals surface area (Å²) >= 11 is 6.44. The van der Waals surface area contributed by atoms with E-state index in [2.05, 4.69) is 42.2 Å². The van der Waals surface area contributed by atoms with Crippen LogP contribution in [0.25, 0.3) is 0 Å². The van der Waals surface area contributed by atoms with E-state index in [4.69, 9.17) is 11.6 Å². The van der Waals surface area contributed by atoms with E-state index in [1.807, 2.05) is 12.1 Å². The van der Waals surface area contributed by atoms with Crippen LogP contribution in [0.3, 0.4) is 0 Å². The van der Waals surface area contributed by atoms with Gasteiger partial charge < -0.3 is 15.1 Å². The monoisotopic (exact) mass is 295 g/mol. The lowest BCUT2D eigenvalue weighted by Crippen LogP contribution is -2.37. The molecule has 1 saturated heterocycles. The number of nitrogens with one attached hydrogen (secondary N) is 1. The molecule has 1 fully saturated rings. The summed E-state index contributed by atoms with van der Waals surface area (Å²) in [5.41, 5.74) is 2.46. The van der Waals surface area contributed by atoms with Gasteiger partial charge in [0.15, 0.2) is 0 Å². The summed E-state index contributed by atoms with van der Waals surface area (Å²) in [4.78, 5) is 4.78. The molecule has 3 nitrogen and oxygen atoms in total. The fraction of sp³-hybridized carbons (Fsp3) is 0.625. The lowest BCUT2D eigenvalue weighted by molar-refractivity contribution is 0.314. The first kappa shape index (κ1) is 15.6. The predicted octanol–water partition coefficient (Wildman–Crippen LogP) is 2.98. The molecule has 0 bridgehead atoms. The molecule has 1 unspecified atom stereocenters. The number of rotatable bonds is 6. The number of para-hydroxylation sites is 1. The van der Waals surface area contributed by atoms with Crippen molar-refractivity contribution in [3.05, 3.63) is 28.8 Å². The highest BCUT2D eigenvalue weighted by Gasteiger charge is 2.23. The van der Waals surface area contributed by atoms with Crippen molar-refractivity contribution < 1.29 is 0 Å². The lowest BCUT2D eigenvalue weighted by atomic mass is 10.1. The highest BCUT2D eigenvalue weighted by Crippen LogP contribution is 2.30. The third-order valence-corrected chi connectivity index (χ3v) is 4.48. The van der Waals surface area contributed by atoms with Crippen LogP contribution in [0.2, 0.25) is 5.02 Å². The van der Waals surface area contributed by atoms with E-state index in [-0.39, 0.29) is 0 Å². The summed E-state index contributed by atoms with van der Waals surface area (Å²) in [5, 5.41) is 4.24. The fourth-order valence-corrected chi connectivity index (χ4v) is 3.35. The van der Waals surface area contributed by atoms with Crippen molar-refractivity contribution in [2.24, 2.45) is 0 Å². The molecule has 0 radical (unpaired) electrons. The average Bonchev–Trinajstić information content (AvgIpc) is 2.81. The van der Waals surface area contributed by atoms with Gasteiger partial charge in [-0.3, -0.25) is 0 Å². The van der Waals surface area contributed by atoms with Crippen LogP contribution in [0, 0.1) is 0 Å². The smallest absolute Gasteiger partial charge is 0.0642 e. The summed E-state index contributed by atoms with van der Waals surface area (Å²) in [6.45, 7) is 6.23. The van der Waals surface area contributed by atoms with Gasteiger partial charge in [0.05, 0.1) is 10.7 Å². The van der Waals surface area contributed by atoms with Gasteiger partial charge in [-0.05, 0) is 44.6 Å². The Kier molecular flexibility index (Phi) is 5.70. The van der Waals surface area contributed by atoms with Gasteiger partial charge in [-0.15, -0.1) is 0 Å². The molecule has 112 valence electrons. The number of anilines is 1. The maximum atomic E-state index is 6.44. The van der Waals surface area contributed by atoms with E-state index in [0.717, 1.165) is 24.7 Å². The van der Waals surface area contributed by atoms with Crippen LogP contribution in [0.4, 0.5) is 5.69 Å².